The Labute approximate surface area is 122 Å². The lowest BCUT2D eigenvalue weighted by Gasteiger charge is -2.12. The third-order valence-electron chi connectivity index (χ3n) is 3.43. The van der Waals surface area contributed by atoms with Gasteiger partial charge in [0, 0.05) is 24.0 Å². The minimum Gasteiger partial charge on any atom is -0.497 e. The molecule has 104 valence electrons. The molecule has 5 heteroatoms. The molecule has 1 saturated heterocycles. The second-order valence-corrected chi connectivity index (χ2v) is 5.63. The molecule has 0 N–H and O–H groups in total. The Morgan fingerprint density at radius 2 is 2.15 bits per heavy atom. The van der Waals surface area contributed by atoms with Crippen LogP contribution in [0.4, 0.5) is 0 Å². The van der Waals surface area contributed by atoms with Crippen molar-refractivity contribution in [2.45, 2.75) is 12.8 Å². The largest absolute Gasteiger partial charge is 0.497 e. The Hall–Kier alpha value is -1.88. The van der Waals surface area contributed by atoms with Gasteiger partial charge >= 0.3 is 0 Å². The molecule has 1 aliphatic heterocycles. The molecular weight excluding hydrogens is 272 g/mol. The molecule has 0 saturated carbocycles. The van der Waals surface area contributed by atoms with E-state index < -0.39 is 0 Å². The number of methoxy groups -OCH3 is 1. The fraction of sp³-hybridized carbons (Fsp3) is 0.333. The van der Waals surface area contributed by atoms with Crippen LogP contribution in [0.3, 0.4) is 0 Å². The van der Waals surface area contributed by atoms with Crippen molar-refractivity contribution in [3.63, 3.8) is 0 Å². The lowest BCUT2D eigenvalue weighted by Crippen LogP contribution is -2.27. The minimum absolute atomic E-state index is 0.0490. The molecular formula is C15H16N2O2S. The second-order valence-electron chi connectivity index (χ2n) is 4.77. The van der Waals surface area contributed by atoms with Gasteiger partial charge in [0.2, 0.25) is 0 Å². The van der Waals surface area contributed by atoms with Crippen molar-refractivity contribution in [3.05, 3.63) is 35.3 Å². The van der Waals surface area contributed by atoms with Gasteiger partial charge in [-0.2, -0.15) is 0 Å². The molecule has 0 unspecified atom stereocenters. The Bertz CT molecular complexity index is 618. The Kier molecular flexibility index (Phi) is 3.69. The normalized spacial score (nSPS) is 14.6. The van der Waals surface area contributed by atoms with Crippen LogP contribution in [0, 0.1) is 0 Å². The van der Waals surface area contributed by atoms with E-state index in [0.717, 1.165) is 42.3 Å². The van der Waals surface area contributed by atoms with E-state index in [-0.39, 0.29) is 5.91 Å². The number of hydrogen-bond donors (Lipinski definition) is 0. The van der Waals surface area contributed by atoms with Crippen LogP contribution in [0.1, 0.15) is 23.3 Å². The smallest absolute Gasteiger partial charge is 0.273 e. The molecule has 0 radical (unpaired) electrons. The van der Waals surface area contributed by atoms with Gasteiger partial charge in [0.1, 0.15) is 16.5 Å². The first-order valence-electron chi connectivity index (χ1n) is 6.67. The standard InChI is InChI=1S/C15H16N2O2S/c1-19-12-6-4-5-11(9-12)14-16-13(10-20-14)15(18)17-7-2-3-8-17/h4-6,9-10H,2-3,7-8H2,1H3. The summed E-state index contributed by atoms with van der Waals surface area (Å²) in [6.07, 6.45) is 2.19. The third kappa shape index (κ3) is 2.54. The van der Waals surface area contributed by atoms with Gasteiger partial charge in [0.05, 0.1) is 7.11 Å². The maximum Gasteiger partial charge on any atom is 0.273 e. The molecule has 0 aliphatic carbocycles. The topological polar surface area (TPSA) is 42.4 Å². The number of hydrogen-bond acceptors (Lipinski definition) is 4. The number of thiazole rings is 1. The molecule has 2 heterocycles. The highest BCUT2D eigenvalue weighted by Crippen LogP contribution is 2.27. The Balaban J connectivity index is 1.83. The Morgan fingerprint density at radius 3 is 2.90 bits per heavy atom. The first-order chi connectivity index (χ1) is 9.78. The summed E-state index contributed by atoms with van der Waals surface area (Å²) >= 11 is 1.49. The van der Waals surface area contributed by atoms with Crippen molar-refractivity contribution in [2.75, 3.05) is 20.2 Å². The molecule has 20 heavy (non-hydrogen) atoms. The van der Waals surface area contributed by atoms with Crippen LogP contribution in [-0.2, 0) is 0 Å². The summed E-state index contributed by atoms with van der Waals surface area (Å²) in [7, 11) is 1.64. The fourth-order valence-electron chi connectivity index (χ4n) is 2.34. The molecule has 0 atom stereocenters. The number of benzene rings is 1. The summed E-state index contributed by atoms with van der Waals surface area (Å²) in [5.41, 5.74) is 1.53. The van der Waals surface area contributed by atoms with E-state index in [9.17, 15) is 4.79 Å². The number of amides is 1. The van der Waals surface area contributed by atoms with Gasteiger partial charge in [-0.3, -0.25) is 4.79 Å². The van der Waals surface area contributed by atoms with Crippen LogP contribution >= 0.6 is 11.3 Å². The Morgan fingerprint density at radius 1 is 1.35 bits per heavy atom. The van der Waals surface area contributed by atoms with Crippen molar-refractivity contribution < 1.29 is 9.53 Å². The predicted molar refractivity (Wildman–Crippen MR) is 79.2 cm³/mol. The second kappa shape index (κ2) is 5.63. The van der Waals surface area contributed by atoms with Gasteiger partial charge in [-0.25, -0.2) is 4.98 Å². The molecule has 1 fully saturated rings. The fourth-order valence-corrected chi connectivity index (χ4v) is 3.13. The van der Waals surface area contributed by atoms with Crippen molar-refractivity contribution in [3.8, 4) is 16.3 Å². The molecule has 0 bridgehead atoms. The van der Waals surface area contributed by atoms with Gasteiger partial charge in [0.15, 0.2) is 0 Å². The maximum atomic E-state index is 12.3. The van der Waals surface area contributed by atoms with E-state index in [2.05, 4.69) is 4.98 Å². The summed E-state index contributed by atoms with van der Waals surface area (Å²) in [6, 6.07) is 7.74. The molecule has 4 nitrogen and oxygen atoms in total. The highest BCUT2D eigenvalue weighted by Gasteiger charge is 2.21. The van der Waals surface area contributed by atoms with Crippen LogP contribution in [0.2, 0.25) is 0 Å². The molecule has 1 amide bonds. The molecule has 1 aliphatic rings. The monoisotopic (exact) mass is 288 g/mol. The number of rotatable bonds is 3. The quantitative estimate of drug-likeness (QED) is 0.871. The molecule has 1 aromatic carbocycles. The summed E-state index contributed by atoms with van der Waals surface area (Å²) < 4.78 is 5.21. The highest BCUT2D eigenvalue weighted by molar-refractivity contribution is 7.13. The molecule has 1 aromatic heterocycles. The first-order valence-corrected chi connectivity index (χ1v) is 7.55. The van der Waals surface area contributed by atoms with E-state index in [4.69, 9.17) is 4.74 Å². The van der Waals surface area contributed by atoms with Crippen molar-refractivity contribution in [2.24, 2.45) is 0 Å². The average Bonchev–Trinajstić information content (AvgIpc) is 3.18. The van der Waals surface area contributed by atoms with Crippen LogP contribution in [-0.4, -0.2) is 36.0 Å². The van der Waals surface area contributed by atoms with Crippen LogP contribution in [0.25, 0.3) is 10.6 Å². The number of ether oxygens (including phenoxy) is 1. The summed E-state index contributed by atoms with van der Waals surface area (Å²) in [5.74, 6) is 0.845. The van der Waals surface area contributed by atoms with Crippen molar-refractivity contribution in [1.29, 1.82) is 0 Å². The zero-order valence-electron chi connectivity index (χ0n) is 11.3. The summed E-state index contributed by atoms with van der Waals surface area (Å²) in [5, 5.41) is 2.70. The average molecular weight is 288 g/mol. The number of aromatic nitrogens is 1. The summed E-state index contributed by atoms with van der Waals surface area (Å²) in [6.45, 7) is 1.70. The molecule has 0 spiro atoms. The zero-order chi connectivity index (χ0) is 13.9. The maximum absolute atomic E-state index is 12.3. The van der Waals surface area contributed by atoms with Gasteiger partial charge in [-0.1, -0.05) is 12.1 Å². The number of nitrogens with zero attached hydrogens (tertiary/aromatic N) is 2. The molecule has 2 aromatic rings. The third-order valence-corrected chi connectivity index (χ3v) is 4.32. The molecule has 3 rings (SSSR count). The van der Waals surface area contributed by atoms with Gasteiger partial charge in [-0.05, 0) is 25.0 Å². The van der Waals surface area contributed by atoms with E-state index in [1.807, 2.05) is 34.5 Å². The lowest BCUT2D eigenvalue weighted by molar-refractivity contribution is 0.0788. The number of carbonyl (C=O) groups is 1. The lowest BCUT2D eigenvalue weighted by atomic mass is 10.2. The number of likely N-dealkylation sites (tertiary alicyclic amines) is 1. The summed E-state index contributed by atoms with van der Waals surface area (Å²) in [4.78, 5) is 18.6. The van der Waals surface area contributed by atoms with E-state index in [1.165, 1.54) is 11.3 Å². The SMILES string of the molecule is COc1cccc(-c2nc(C(=O)N3CCCC3)cs2)c1. The predicted octanol–water partition coefficient (Wildman–Crippen LogP) is 3.05. The minimum atomic E-state index is 0.0490. The van der Waals surface area contributed by atoms with Gasteiger partial charge in [0.25, 0.3) is 5.91 Å². The van der Waals surface area contributed by atoms with E-state index in [0.29, 0.717) is 5.69 Å². The van der Waals surface area contributed by atoms with E-state index >= 15 is 0 Å². The zero-order valence-corrected chi connectivity index (χ0v) is 12.2. The van der Waals surface area contributed by atoms with Gasteiger partial charge in [-0.15, -0.1) is 11.3 Å². The first kappa shape index (κ1) is 13.1. The number of carbonyl (C=O) groups excluding carboxylic acids is 1. The van der Waals surface area contributed by atoms with Crippen LogP contribution in [0.15, 0.2) is 29.6 Å². The van der Waals surface area contributed by atoms with Crippen LogP contribution in [0.5, 0.6) is 5.75 Å². The highest BCUT2D eigenvalue weighted by atomic mass is 32.1. The van der Waals surface area contributed by atoms with Crippen molar-refractivity contribution >= 4 is 17.2 Å². The van der Waals surface area contributed by atoms with Gasteiger partial charge < -0.3 is 9.64 Å². The van der Waals surface area contributed by atoms with E-state index in [1.54, 1.807) is 7.11 Å². The van der Waals surface area contributed by atoms with Crippen LogP contribution < -0.4 is 4.74 Å². The van der Waals surface area contributed by atoms with Crippen molar-refractivity contribution in [1.82, 2.24) is 9.88 Å².